The van der Waals surface area contributed by atoms with Crippen molar-refractivity contribution in [1.29, 1.82) is 0 Å². The number of ether oxygens (including phenoxy) is 1. The molecule has 7 heteroatoms. The van der Waals surface area contributed by atoms with Crippen LogP contribution in [0, 0.1) is 0 Å². The first-order valence-electron chi connectivity index (χ1n) is 7.07. The van der Waals surface area contributed by atoms with E-state index in [-0.39, 0.29) is 18.1 Å². The summed E-state index contributed by atoms with van der Waals surface area (Å²) in [7, 11) is 1.79. The zero-order chi connectivity index (χ0) is 16.2. The molecule has 0 amide bonds. The van der Waals surface area contributed by atoms with Crippen molar-refractivity contribution in [2.45, 2.75) is 6.92 Å². The Hall–Kier alpha value is -2.67. The summed E-state index contributed by atoms with van der Waals surface area (Å²) in [6, 6.07) is 9.59. The molecule has 2 aromatic heterocycles. The van der Waals surface area contributed by atoms with Crippen LogP contribution in [0.15, 0.2) is 53.1 Å². The van der Waals surface area contributed by atoms with Crippen molar-refractivity contribution >= 4 is 17.1 Å². The van der Waals surface area contributed by atoms with Gasteiger partial charge in [0.25, 0.3) is 0 Å². The largest absolute Gasteiger partial charge is 0.613 e. The maximum absolute atomic E-state index is 12.3. The number of aryl methyl sites for hydroxylation is 1. The molecule has 0 aliphatic carbocycles. The molecule has 1 aromatic carbocycles. The van der Waals surface area contributed by atoms with E-state index in [0.29, 0.717) is 10.6 Å². The second-order valence-corrected chi connectivity index (χ2v) is 5.52. The van der Waals surface area contributed by atoms with Gasteiger partial charge in [0.1, 0.15) is 4.88 Å². The summed E-state index contributed by atoms with van der Waals surface area (Å²) in [6.45, 7) is 2.03. The van der Waals surface area contributed by atoms with Gasteiger partial charge in [-0.05, 0) is 6.61 Å². The molecular formula is C16H15N3O3S. The first kappa shape index (κ1) is 15.2. The highest BCUT2D eigenvalue weighted by Crippen LogP contribution is 2.29. The van der Waals surface area contributed by atoms with Crippen LogP contribution < -0.4 is 9.79 Å². The van der Waals surface area contributed by atoms with Gasteiger partial charge in [-0.15, -0.1) is 0 Å². The van der Waals surface area contributed by atoms with Crippen molar-refractivity contribution in [3.05, 3.63) is 59.4 Å². The lowest BCUT2D eigenvalue weighted by Crippen LogP contribution is -2.27. The zero-order valence-corrected chi connectivity index (χ0v) is 13.5. The maximum Gasteiger partial charge on any atom is 0.230 e. The number of benzene rings is 1. The summed E-state index contributed by atoms with van der Waals surface area (Å²) in [5.74, 6) is 0.348. The minimum absolute atomic E-state index is 0.228. The first-order chi connectivity index (χ1) is 11.2. The third-order valence-electron chi connectivity index (χ3n) is 3.08. The van der Waals surface area contributed by atoms with Crippen LogP contribution in [0.4, 0.5) is 0 Å². The van der Waals surface area contributed by atoms with Crippen molar-refractivity contribution < 1.29 is 18.9 Å². The van der Waals surface area contributed by atoms with Gasteiger partial charge in [0.15, 0.2) is 12.8 Å². The van der Waals surface area contributed by atoms with E-state index in [0.717, 1.165) is 5.56 Å². The predicted molar refractivity (Wildman–Crippen MR) is 82.9 cm³/mol. The SMILES string of the molecule is CCO/C([O-])=C(/c1ncc(-c2ccccc2)o1)c1c[n+](C)ns1. The van der Waals surface area contributed by atoms with Gasteiger partial charge in [-0.1, -0.05) is 41.9 Å². The second kappa shape index (κ2) is 6.62. The van der Waals surface area contributed by atoms with Gasteiger partial charge in [-0.3, -0.25) is 0 Å². The highest BCUT2D eigenvalue weighted by atomic mass is 32.1. The Morgan fingerprint density at radius 1 is 1.35 bits per heavy atom. The van der Waals surface area contributed by atoms with Gasteiger partial charge in [-0.25, -0.2) is 4.98 Å². The van der Waals surface area contributed by atoms with Crippen molar-refractivity contribution in [3.63, 3.8) is 0 Å². The number of rotatable bonds is 5. The van der Waals surface area contributed by atoms with Crippen LogP contribution in [-0.2, 0) is 11.8 Å². The number of hydrogen-bond acceptors (Lipinski definition) is 6. The summed E-state index contributed by atoms with van der Waals surface area (Å²) in [5.41, 5.74) is 1.18. The van der Waals surface area contributed by atoms with E-state index in [9.17, 15) is 5.11 Å². The van der Waals surface area contributed by atoms with E-state index in [1.165, 1.54) is 11.5 Å². The molecule has 23 heavy (non-hydrogen) atoms. The monoisotopic (exact) mass is 329 g/mol. The number of hydrogen-bond donors (Lipinski definition) is 0. The number of aromatic nitrogens is 3. The molecule has 2 heterocycles. The van der Waals surface area contributed by atoms with Crippen LogP contribution in [0.1, 0.15) is 17.7 Å². The van der Waals surface area contributed by atoms with Gasteiger partial charge in [-0.2, -0.15) is 0 Å². The summed E-state index contributed by atoms with van der Waals surface area (Å²) in [4.78, 5) is 4.89. The smallest absolute Gasteiger partial charge is 0.230 e. The first-order valence-corrected chi connectivity index (χ1v) is 7.85. The van der Waals surface area contributed by atoms with E-state index < -0.39 is 5.95 Å². The van der Waals surface area contributed by atoms with Crippen LogP contribution >= 0.6 is 11.5 Å². The third-order valence-corrected chi connectivity index (χ3v) is 3.92. The molecule has 0 bridgehead atoms. The van der Waals surface area contributed by atoms with Crippen molar-refractivity contribution in [1.82, 2.24) is 9.47 Å². The highest BCUT2D eigenvalue weighted by Gasteiger charge is 2.20. The minimum atomic E-state index is -0.474. The topological polar surface area (TPSA) is 75.1 Å². The lowest BCUT2D eigenvalue weighted by Gasteiger charge is -2.15. The summed E-state index contributed by atoms with van der Waals surface area (Å²) < 4.78 is 16.7. The fourth-order valence-electron chi connectivity index (χ4n) is 2.06. The molecule has 0 radical (unpaired) electrons. The average molecular weight is 329 g/mol. The summed E-state index contributed by atoms with van der Waals surface area (Å²) >= 11 is 1.19. The molecule has 0 saturated carbocycles. The Labute approximate surface area is 137 Å². The Morgan fingerprint density at radius 3 is 2.78 bits per heavy atom. The van der Waals surface area contributed by atoms with Gasteiger partial charge >= 0.3 is 0 Å². The molecule has 0 N–H and O–H groups in total. The zero-order valence-electron chi connectivity index (χ0n) is 12.7. The molecule has 3 aromatic rings. The number of nitrogens with zero attached hydrogens (tertiary/aromatic N) is 3. The summed E-state index contributed by atoms with van der Waals surface area (Å²) in [5, 5.41) is 12.3. The van der Waals surface area contributed by atoms with Crippen LogP contribution in [-0.4, -0.2) is 16.1 Å². The van der Waals surface area contributed by atoms with Crippen molar-refractivity contribution in [3.8, 4) is 11.3 Å². The molecule has 0 spiro atoms. The lowest BCUT2D eigenvalue weighted by molar-refractivity contribution is -0.722. The molecule has 0 aliphatic heterocycles. The number of oxazole rings is 1. The fourth-order valence-corrected chi connectivity index (χ4v) is 2.78. The molecular weight excluding hydrogens is 314 g/mol. The van der Waals surface area contributed by atoms with E-state index >= 15 is 0 Å². The highest BCUT2D eigenvalue weighted by molar-refractivity contribution is 7.06. The normalized spacial score (nSPS) is 12.1. The molecule has 0 aliphatic rings. The fraction of sp³-hybridized carbons (Fsp3) is 0.188. The van der Waals surface area contributed by atoms with Crippen LogP contribution in [0.25, 0.3) is 16.9 Å². The van der Waals surface area contributed by atoms with Gasteiger partial charge in [0, 0.05) is 17.1 Å². The Bertz CT molecular complexity index is 824. The van der Waals surface area contributed by atoms with E-state index in [2.05, 4.69) is 9.47 Å². The molecule has 0 atom stereocenters. The van der Waals surface area contributed by atoms with E-state index in [1.807, 2.05) is 30.3 Å². The molecule has 0 fully saturated rings. The van der Waals surface area contributed by atoms with Gasteiger partial charge in [0.05, 0.1) is 22.2 Å². The van der Waals surface area contributed by atoms with Crippen LogP contribution in [0.3, 0.4) is 0 Å². The molecule has 0 saturated heterocycles. The molecule has 3 rings (SSSR count). The van der Waals surface area contributed by atoms with E-state index in [4.69, 9.17) is 9.15 Å². The molecule has 6 nitrogen and oxygen atoms in total. The minimum Gasteiger partial charge on any atom is -0.613 e. The Kier molecular flexibility index (Phi) is 4.38. The predicted octanol–water partition coefficient (Wildman–Crippen LogP) is 1.74. The average Bonchev–Trinajstić information content (AvgIpc) is 3.19. The van der Waals surface area contributed by atoms with Gasteiger partial charge in [0.2, 0.25) is 12.1 Å². The maximum atomic E-state index is 12.3. The van der Waals surface area contributed by atoms with Gasteiger partial charge < -0.3 is 14.3 Å². The van der Waals surface area contributed by atoms with Crippen LogP contribution in [0.5, 0.6) is 0 Å². The quantitative estimate of drug-likeness (QED) is 0.526. The van der Waals surface area contributed by atoms with Crippen molar-refractivity contribution in [2.24, 2.45) is 7.05 Å². The van der Waals surface area contributed by atoms with Crippen LogP contribution in [0.2, 0.25) is 0 Å². The molecule has 118 valence electrons. The Balaban J connectivity index is 2.05. The third kappa shape index (κ3) is 3.24. The summed E-state index contributed by atoms with van der Waals surface area (Å²) in [6.07, 6.45) is 3.34. The van der Waals surface area contributed by atoms with Crippen molar-refractivity contribution in [2.75, 3.05) is 6.61 Å². The standard InChI is InChI=1S/C16H15N3O3S/c1-3-21-16(20)14(13-10-19(2)18-23-13)15-17-9-12(22-15)11-7-5-4-6-8-11/h4-10H,3H2,1-2H3. The second-order valence-electron chi connectivity index (χ2n) is 4.73. The Morgan fingerprint density at radius 2 is 2.13 bits per heavy atom. The molecule has 0 unspecified atom stereocenters. The lowest BCUT2D eigenvalue weighted by atomic mass is 10.2. The van der Waals surface area contributed by atoms with E-state index in [1.54, 1.807) is 31.0 Å².